The minimum atomic E-state index is -0.863. The highest BCUT2D eigenvalue weighted by molar-refractivity contribution is 8.00. The highest BCUT2D eigenvalue weighted by Crippen LogP contribution is 2.36. The average molecular weight is 266 g/mol. The predicted molar refractivity (Wildman–Crippen MR) is 67.6 cm³/mol. The molecule has 1 aliphatic carbocycles. The SMILES string of the molecule is Fc1cc2ncnc(SC3CCCC3)c2cc1F. The van der Waals surface area contributed by atoms with Gasteiger partial charge in [0.25, 0.3) is 0 Å². The molecule has 1 aromatic heterocycles. The monoisotopic (exact) mass is 266 g/mol. The summed E-state index contributed by atoms with van der Waals surface area (Å²) in [7, 11) is 0. The third-order valence-electron chi connectivity index (χ3n) is 3.22. The maximum atomic E-state index is 13.3. The Balaban J connectivity index is 2.02. The minimum Gasteiger partial charge on any atom is -0.236 e. The van der Waals surface area contributed by atoms with Gasteiger partial charge in [0.15, 0.2) is 11.6 Å². The first-order valence-corrected chi connectivity index (χ1v) is 6.88. The van der Waals surface area contributed by atoms with Gasteiger partial charge in [0.2, 0.25) is 0 Å². The first-order valence-electron chi connectivity index (χ1n) is 6.00. The van der Waals surface area contributed by atoms with Gasteiger partial charge in [-0.3, -0.25) is 0 Å². The molecule has 0 amide bonds. The number of benzene rings is 1. The van der Waals surface area contributed by atoms with Crippen LogP contribution in [-0.4, -0.2) is 15.2 Å². The van der Waals surface area contributed by atoms with Crippen molar-refractivity contribution in [2.24, 2.45) is 0 Å². The van der Waals surface area contributed by atoms with Gasteiger partial charge in [-0.25, -0.2) is 18.7 Å². The maximum Gasteiger partial charge on any atom is 0.161 e. The molecule has 0 atom stereocenters. The minimum absolute atomic E-state index is 0.462. The quantitative estimate of drug-likeness (QED) is 0.770. The Morgan fingerprint density at radius 2 is 1.78 bits per heavy atom. The molecule has 0 saturated heterocycles. The molecule has 0 bridgehead atoms. The topological polar surface area (TPSA) is 25.8 Å². The fourth-order valence-corrected chi connectivity index (χ4v) is 3.57. The lowest BCUT2D eigenvalue weighted by molar-refractivity contribution is 0.510. The summed E-state index contributed by atoms with van der Waals surface area (Å²) < 4.78 is 26.4. The fraction of sp³-hybridized carbons (Fsp3) is 0.385. The maximum absolute atomic E-state index is 13.3. The molecule has 0 radical (unpaired) electrons. The predicted octanol–water partition coefficient (Wildman–Crippen LogP) is 3.94. The molecule has 0 spiro atoms. The van der Waals surface area contributed by atoms with Crippen LogP contribution in [0.15, 0.2) is 23.5 Å². The molecule has 0 aliphatic heterocycles. The number of hydrogen-bond donors (Lipinski definition) is 0. The fourth-order valence-electron chi connectivity index (χ4n) is 2.29. The molecule has 18 heavy (non-hydrogen) atoms. The van der Waals surface area contributed by atoms with Crippen LogP contribution >= 0.6 is 11.8 Å². The van der Waals surface area contributed by atoms with Crippen LogP contribution in [-0.2, 0) is 0 Å². The molecule has 0 N–H and O–H groups in total. The largest absolute Gasteiger partial charge is 0.236 e. The Morgan fingerprint density at radius 3 is 2.56 bits per heavy atom. The van der Waals surface area contributed by atoms with Crippen molar-refractivity contribution < 1.29 is 8.78 Å². The lowest BCUT2D eigenvalue weighted by Crippen LogP contribution is -1.97. The molecular formula is C13H12F2N2S. The number of aromatic nitrogens is 2. The van der Waals surface area contributed by atoms with Crippen LogP contribution in [0.25, 0.3) is 10.9 Å². The summed E-state index contributed by atoms with van der Waals surface area (Å²) in [5.74, 6) is -1.71. The van der Waals surface area contributed by atoms with Crippen molar-refractivity contribution in [1.82, 2.24) is 9.97 Å². The van der Waals surface area contributed by atoms with Crippen LogP contribution in [0.2, 0.25) is 0 Å². The summed E-state index contributed by atoms with van der Waals surface area (Å²) in [5.41, 5.74) is 0.462. The number of fused-ring (bicyclic) bond motifs is 1. The standard InChI is InChI=1S/C13H12F2N2S/c14-10-5-9-12(6-11(10)15)16-7-17-13(9)18-8-3-1-2-4-8/h5-8H,1-4H2. The van der Waals surface area contributed by atoms with Crippen LogP contribution in [0.5, 0.6) is 0 Å². The van der Waals surface area contributed by atoms with Crippen molar-refractivity contribution in [2.75, 3.05) is 0 Å². The Labute approximate surface area is 108 Å². The zero-order chi connectivity index (χ0) is 12.5. The van der Waals surface area contributed by atoms with Gasteiger partial charge in [0.1, 0.15) is 11.4 Å². The zero-order valence-electron chi connectivity index (χ0n) is 9.70. The number of rotatable bonds is 2. The molecule has 2 aromatic rings. The van der Waals surface area contributed by atoms with E-state index in [4.69, 9.17) is 0 Å². The molecule has 5 heteroatoms. The van der Waals surface area contributed by atoms with Gasteiger partial charge in [-0.1, -0.05) is 12.8 Å². The van der Waals surface area contributed by atoms with Gasteiger partial charge in [-0.05, 0) is 18.9 Å². The van der Waals surface area contributed by atoms with Crippen LogP contribution < -0.4 is 0 Å². The summed E-state index contributed by atoms with van der Waals surface area (Å²) in [6.07, 6.45) is 6.23. The molecule has 3 rings (SSSR count). The second kappa shape index (κ2) is 4.80. The summed E-state index contributed by atoms with van der Waals surface area (Å²) in [6, 6.07) is 2.33. The van der Waals surface area contributed by atoms with E-state index in [1.807, 2.05) is 0 Å². The van der Waals surface area contributed by atoms with Crippen molar-refractivity contribution in [3.8, 4) is 0 Å². The molecule has 1 heterocycles. The van der Waals surface area contributed by atoms with E-state index in [9.17, 15) is 8.78 Å². The number of nitrogens with zero attached hydrogens (tertiary/aromatic N) is 2. The molecule has 2 nitrogen and oxygen atoms in total. The molecule has 1 aliphatic rings. The molecule has 94 valence electrons. The van der Waals surface area contributed by atoms with E-state index in [0.717, 1.165) is 11.1 Å². The summed E-state index contributed by atoms with van der Waals surface area (Å²) in [6.45, 7) is 0. The van der Waals surface area contributed by atoms with E-state index >= 15 is 0 Å². The van der Waals surface area contributed by atoms with Crippen molar-refractivity contribution >= 4 is 22.7 Å². The van der Waals surface area contributed by atoms with E-state index in [1.54, 1.807) is 11.8 Å². The normalized spacial score (nSPS) is 16.6. The van der Waals surface area contributed by atoms with Crippen LogP contribution in [0.4, 0.5) is 8.78 Å². The van der Waals surface area contributed by atoms with Crippen molar-refractivity contribution in [3.05, 3.63) is 30.1 Å². The van der Waals surface area contributed by atoms with E-state index in [1.165, 1.54) is 38.1 Å². The Morgan fingerprint density at radius 1 is 1.06 bits per heavy atom. The Bertz CT molecular complexity index is 582. The van der Waals surface area contributed by atoms with Crippen LogP contribution in [0, 0.1) is 11.6 Å². The third-order valence-corrected chi connectivity index (χ3v) is 4.57. The number of hydrogen-bond acceptors (Lipinski definition) is 3. The van der Waals surface area contributed by atoms with Gasteiger partial charge in [-0.15, -0.1) is 11.8 Å². The third kappa shape index (κ3) is 2.19. The summed E-state index contributed by atoms with van der Waals surface area (Å²) in [4.78, 5) is 8.19. The molecule has 0 unspecified atom stereocenters. The van der Waals surface area contributed by atoms with Gasteiger partial charge in [-0.2, -0.15) is 0 Å². The highest BCUT2D eigenvalue weighted by Gasteiger charge is 2.19. The Kier molecular flexibility index (Phi) is 3.16. The smallest absolute Gasteiger partial charge is 0.161 e. The molecular weight excluding hydrogens is 254 g/mol. The van der Waals surface area contributed by atoms with Gasteiger partial charge < -0.3 is 0 Å². The molecule has 1 aromatic carbocycles. The van der Waals surface area contributed by atoms with E-state index in [0.29, 0.717) is 16.2 Å². The average Bonchev–Trinajstić information content (AvgIpc) is 2.84. The highest BCUT2D eigenvalue weighted by atomic mass is 32.2. The second-order valence-electron chi connectivity index (χ2n) is 4.49. The van der Waals surface area contributed by atoms with Crippen molar-refractivity contribution in [3.63, 3.8) is 0 Å². The first kappa shape index (κ1) is 11.8. The van der Waals surface area contributed by atoms with Crippen molar-refractivity contribution in [1.29, 1.82) is 0 Å². The van der Waals surface area contributed by atoms with E-state index in [-0.39, 0.29) is 0 Å². The summed E-state index contributed by atoms with van der Waals surface area (Å²) in [5, 5.41) is 1.90. The Hall–Kier alpha value is -1.23. The van der Waals surface area contributed by atoms with Gasteiger partial charge in [0.05, 0.1) is 5.52 Å². The lowest BCUT2D eigenvalue weighted by atomic mass is 10.2. The molecule has 1 saturated carbocycles. The number of thioether (sulfide) groups is 1. The van der Waals surface area contributed by atoms with Crippen LogP contribution in [0.1, 0.15) is 25.7 Å². The zero-order valence-corrected chi connectivity index (χ0v) is 10.5. The number of halogens is 2. The van der Waals surface area contributed by atoms with Crippen LogP contribution in [0.3, 0.4) is 0 Å². The van der Waals surface area contributed by atoms with Gasteiger partial charge >= 0.3 is 0 Å². The molecule has 1 fully saturated rings. The first-order chi connectivity index (χ1) is 8.74. The van der Waals surface area contributed by atoms with Gasteiger partial charge in [0, 0.05) is 16.7 Å². The van der Waals surface area contributed by atoms with E-state index < -0.39 is 11.6 Å². The van der Waals surface area contributed by atoms with E-state index in [2.05, 4.69) is 9.97 Å². The second-order valence-corrected chi connectivity index (χ2v) is 5.78. The summed E-state index contributed by atoms with van der Waals surface area (Å²) >= 11 is 1.66. The van der Waals surface area contributed by atoms with Crippen molar-refractivity contribution in [2.45, 2.75) is 36.0 Å². The lowest BCUT2D eigenvalue weighted by Gasteiger charge is -2.09.